The van der Waals surface area contributed by atoms with Crippen LogP contribution in [0.2, 0.25) is 0 Å². The van der Waals surface area contributed by atoms with Gasteiger partial charge in [0.2, 0.25) is 0 Å². The summed E-state index contributed by atoms with van der Waals surface area (Å²) in [6.07, 6.45) is 7.57. The third-order valence-electron chi connectivity index (χ3n) is 5.69. The van der Waals surface area contributed by atoms with Crippen molar-refractivity contribution in [3.63, 3.8) is 0 Å². The summed E-state index contributed by atoms with van der Waals surface area (Å²) in [6.45, 7) is 0.655. The van der Waals surface area contributed by atoms with Gasteiger partial charge < -0.3 is 9.64 Å². The van der Waals surface area contributed by atoms with Gasteiger partial charge in [0.05, 0.1) is 18.4 Å². The first kappa shape index (κ1) is 19.4. The highest BCUT2D eigenvalue weighted by Crippen LogP contribution is 2.26. The van der Waals surface area contributed by atoms with Gasteiger partial charge in [0.1, 0.15) is 6.33 Å². The lowest BCUT2D eigenvalue weighted by Crippen LogP contribution is -2.42. The van der Waals surface area contributed by atoms with E-state index in [0.29, 0.717) is 6.61 Å². The molecule has 1 heterocycles. The molecule has 1 fully saturated rings. The van der Waals surface area contributed by atoms with E-state index in [0.717, 1.165) is 36.9 Å². The fraction of sp³-hybridized carbons (Fsp3) is 0.333. The van der Waals surface area contributed by atoms with Crippen LogP contribution in [0.15, 0.2) is 73.2 Å². The minimum Gasteiger partial charge on any atom is -0.374 e. The third kappa shape index (κ3) is 4.74. The molecule has 0 N–H and O–H groups in total. The summed E-state index contributed by atoms with van der Waals surface area (Å²) in [5.41, 5.74) is 3.03. The number of hydrogen-bond acceptors (Lipinski definition) is 3. The molecular weight excluding hydrogens is 362 g/mol. The van der Waals surface area contributed by atoms with Gasteiger partial charge in [-0.05, 0) is 31.2 Å². The lowest BCUT2D eigenvalue weighted by molar-refractivity contribution is 0.00403. The van der Waals surface area contributed by atoms with Gasteiger partial charge in [0.25, 0.3) is 0 Å². The predicted octanol–water partition coefficient (Wildman–Crippen LogP) is 4.98. The fourth-order valence-electron chi connectivity index (χ4n) is 3.91. The van der Waals surface area contributed by atoms with E-state index < -0.39 is 0 Å². The van der Waals surface area contributed by atoms with Gasteiger partial charge in [-0.15, -0.1) is 0 Å². The Labute approximate surface area is 171 Å². The summed E-state index contributed by atoms with van der Waals surface area (Å²) in [4.78, 5) is 19.1. The largest absolute Gasteiger partial charge is 0.374 e. The lowest BCUT2D eigenvalue weighted by Gasteiger charge is -2.34. The Morgan fingerprint density at radius 3 is 2.38 bits per heavy atom. The van der Waals surface area contributed by atoms with E-state index in [2.05, 4.69) is 17.1 Å². The number of amides is 1. The molecule has 0 atom stereocenters. The monoisotopic (exact) mass is 389 g/mol. The molecule has 5 heteroatoms. The predicted molar refractivity (Wildman–Crippen MR) is 113 cm³/mol. The Morgan fingerprint density at radius 2 is 1.69 bits per heavy atom. The zero-order valence-corrected chi connectivity index (χ0v) is 16.8. The zero-order chi connectivity index (χ0) is 20.1. The minimum absolute atomic E-state index is 0.0339. The number of benzene rings is 2. The molecule has 0 aliphatic heterocycles. The smallest absolute Gasteiger partial charge is 0.329 e. The van der Waals surface area contributed by atoms with E-state index in [-0.39, 0.29) is 18.2 Å². The molecule has 0 bridgehead atoms. The molecule has 1 aliphatic carbocycles. The number of carbonyl (C=O) groups is 1. The molecule has 150 valence electrons. The van der Waals surface area contributed by atoms with Crippen LogP contribution in [0.5, 0.6) is 0 Å². The molecule has 3 aromatic rings. The van der Waals surface area contributed by atoms with Crippen molar-refractivity contribution in [2.75, 3.05) is 7.05 Å². The molecule has 0 saturated heterocycles. The molecule has 1 saturated carbocycles. The summed E-state index contributed by atoms with van der Waals surface area (Å²) < 4.78 is 7.66. The Balaban J connectivity index is 1.29. The molecule has 1 amide bonds. The highest BCUT2D eigenvalue weighted by molar-refractivity contribution is 5.78. The van der Waals surface area contributed by atoms with Crippen molar-refractivity contribution in [2.24, 2.45) is 0 Å². The zero-order valence-electron chi connectivity index (χ0n) is 16.8. The standard InChI is InChI=1S/C24H27N3O2/c1-26(24(28)27-16-23(25-18-27)20-10-6-3-7-11-20)21-12-14-22(15-13-21)29-17-19-8-4-2-5-9-19/h2-11,16,18,21-22H,12-15,17H2,1H3/t21-,22-. The first-order chi connectivity index (χ1) is 14.2. The third-order valence-corrected chi connectivity index (χ3v) is 5.69. The molecular formula is C24H27N3O2. The quantitative estimate of drug-likeness (QED) is 0.618. The number of nitrogens with zero attached hydrogens (tertiary/aromatic N) is 3. The van der Waals surface area contributed by atoms with Crippen LogP contribution < -0.4 is 0 Å². The van der Waals surface area contributed by atoms with Gasteiger partial charge >= 0.3 is 6.03 Å². The molecule has 1 aliphatic rings. The number of rotatable bonds is 5. The fourth-order valence-corrected chi connectivity index (χ4v) is 3.91. The number of ether oxygens (including phenoxy) is 1. The van der Waals surface area contributed by atoms with Gasteiger partial charge in [0, 0.05) is 24.8 Å². The number of carbonyl (C=O) groups excluding carboxylic acids is 1. The van der Waals surface area contributed by atoms with Gasteiger partial charge in [-0.2, -0.15) is 0 Å². The maximum Gasteiger partial charge on any atom is 0.329 e. The van der Waals surface area contributed by atoms with Crippen LogP contribution in [-0.4, -0.2) is 39.7 Å². The first-order valence-corrected chi connectivity index (χ1v) is 10.2. The highest BCUT2D eigenvalue weighted by Gasteiger charge is 2.27. The molecule has 5 nitrogen and oxygen atoms in total. The van der Waals surface area contributed by atoms with Crippen molar-refractivity contribution in [2.45, 2.75) is 44.4 Å². The average molecular weight is 389 g/mol. The Morgan fingerprint density at radius 1 is 1.03 bits per heavy atom. The van der Waals surface area contributed by atoms with Crippen molar-refractivity contribution in [1.82, 2.24) is 14.5 Å². The lowest BCUT2D eigenvalue weighted by atomic mass is 9.92. The van der Waals surface area contributed by atoms with Gasteiger partial charge in [0.15, 0.2) is 0 Å². The van der Waals surface area contributed by atoms with E-state index in [1.54, 1.807) is 10.9 Å². The van der Waals surface area contributed by atoms with Gasteiger partial charge in [-0.25, -0.2) is 9.78 Å². The maximum atomic E-state index is 12.9. The van der Waals surface area contributed by atoms with Crippen LogP contribution in [0.4, 0.5) is 4.79 Å². The normalized spacial score (nSPS) is 19.1. The topological polar surface area (TPSA) is 47.4 Å². The van der Waals surface area contributed by atoms with Gasteiger partial charge in [-0.1, -0.05) is 60.7 Å². The molecule has 29 heavy (non-hydrogen) atoms. The van der Waals surface area contributed by atoms with Crippen molar-refractivity contribution in [1.29, 1.82) is 0 Å². The van der Waals surface area contributed by atoms with Crippen LogP contribution in [-0.2, 0) is 11.3 Å². The second kappa shape index (κ2) is 9.05. The minimum atomic E-state index is -0.0339. The average Bonchev–Trinajstić information content (AvgIpc) is 3.29. The van der Waals surface area contributed by atoms with E-state index in [1.165, 1.54) is 5.56 Å². The van der Waals surface area contributed by atoms with Crippen LogP contribution in [0.25, 0.3) is 11.3 Å². The maximum absolute atomic E-state index is 12.9. The molecule has 0 spiro atoms. The SMILES string of the molecule is CN(C(=O)n1cnc(-c2ccccc2)c1)[C@H]1CC[C@H](OCc2ccccc2)CC1. The van der Waals surface area contributed by atoms with Crippen molar-refractivity contribution in [3.05, 3.63) is 78.8 Å². The van der Waals surface area contributed by atoms with E-state index in [4.69, 9.17) is 4.74 Å². The van der Waals surface area contributed by atoms with Crippen molar-refractivity contribution >= 4 is 6.03 Å². The summed E-state index contributed by atoms with van der Waals surface area (Å²) in [7, 11) is 1.89. The van der Waals surface area contributed by atoms with Crippen LogP contribution in [0.1, 0.15) is 31.2 Å². The molecule has 0 unspecified atom stereocenters. The van der Waals surface area contributed by atoms with E-state index in [1.807, 2.05) is 66.7 Å². The molecule has 0 radical (unpaired) electrons. The second-order valence-corrected chi connectivity index (χ2v) is 7.65. The van der Waals surface area contributed by atoms with E-state index in [9.17, 15) is 4.79 Å². The number of hydrogen-bond donors (Lipinski definition) is 0. The van der Waals surface area contributed by atoms with Crippen LogP contribution >= 0.6 is 0 Å². The Hall–Kier alpha value is -2.92. The molecule has 4 rings (SSSR count). The Bertz CT molecular complexity index is 916. The van der Waals surface area contributed by atoms with Crippen LogP contribution in [0.3, 0.4) is 0 Å². The van der Waals surface area contributed by atoms with Crippen molar-refractivity contribution < 1.29 is 9.53 Å². The highest BCUT2D eigenvalue weighted by atomic mass is 16.5. The van der Waals surface area contributed by atoms with Crippen molar-refractivity contribution in [3.8, 4) is 11.3 Å². The van der Waals surface area contributed by atoms with Gasteiger partial charge in [-0.3, -0.25) is 4.57 Å². The number of aromatic nitrogens is 2. The molecule has 2 aromatic carbocycles. The Kier molecular flexibility index (Phi) is 6.06. The van der Waals surface area contributed by atoms with E-state index >= 15 is 0 Å². The summed E-state index contributed by atoms with van der Waals surface area (Å²) in [6, 6.07) is 20.4. The second-order valence-electron chi connectivity index (χ2n) is 7.65. The number of imidazole rings is 1. The molecule has 1 aromatic heterocycles. The summed E-state index contributed by atoms with van der Waals surface area (Å²) in [5.74, 6) is 0. The summed E-state index contributed by atoms with van der Waals surface area (Å²) >= 11 is 0. The van der Waals surface area contributed by atoms with Crippen LogP contribution in [0, 0.1) is 0 Å². The summed E-state index contributed by atoms with van der Waals surface area (Å²) in [5, 5.41) is 0. The first-order valence-electron chi connectivity index (χ1n) is 10.2.